The first kappa shape index (κ1) is 61.0. The second-order valence-corrected chi connectivity index (χ2v) is 18.0. The number of carbonyl (C=O) groups is 2. The highest BCUT2D eigenvalue weighted by atomic mass is 16.5. The van der Waals surface area contributed by atoms with Crippen LogP contribution in [0, 0.1) is 0 Å². The predicted molar refractivity (Wildman–Crippen MR) is 278 cm³/mol. The number of aliphatic hydroxyl groups excluding tert-OH is 2. The number of esters is 1. The number of unbranched alkanes of at least 4 members (excludes halogenated alkanes) is 23. The summed E-state index contributed by atoms with van der Waals surface area (Å²) in [5.74, 6) is -0.546. The number of aliphatic hydroxyl groups is 2. The van der Waals surface area contributed by atoms with Gasteiger partial charge < -0.3 is 20.3 Å². The minimum atomic E-state index is -0.807. The second-order valence-electron chi connectivity index (χ2n) is 18.0. The highest BCUT2D eigenvalue weighted by molar-refractivity contribution is 5.77. The van der Waals surface area contributed by atoms with Crippen LogP contribution in [0.1, 0.15) is 245 Å². The van der Waals surface area contributed by atoms with Crippen molar-refractivity contribution in [3.63, 3.8) is 0 Å². The number of carbonyl (C=O) groups excluding carboxylic acids is 2. The van der Waals surface area contributed by atoms with Crippen LogP contribution in [0.5, 0.6) is 0 Å². The van der Waals surface area contributed by atoms with Gasteiger partial charge in [-0.3, -0.25) is 9.59 Å². The standard InChI is InChI=1S/C58H101NO5/c1-4-7-10-13-16-19-22-25-27-29-32-34-37-40-43-46-49-54(64-58(63)51-48-45-42-39-36-33-30-28-26-23-20-17-14-11-8-5-2)52-57(62)59-55(53-60)56(61)50-47-44-41-38-35-31-24-21-18-15-12-9-6-3/h8,11,17,20,22,25-29,32-34,36,54-56,60-61H,4-7,9-10,12-16,18-19,21,23-24,30-31,35,37-53H2,1-3H3,(H,59,62)/b11-8+,20-17+,25-22+,28-26+,29-27+,34-32+,36-33+. The van der Waals surface area contributed by atoms with E-state index >= 15 is 0 Å². The molecule has 0 aromatic rings. The van der Waals surface area contributed by atoms with Crippen LogP contribution in [0.15, 0.2) is 85.1 Å². The van der Waals surface area contributed by atoms with E-state index in [2.05, 4.69) is 111 Å². The number of rotatable bonds is 47. The van der Waals surface area contributed by atoms with Gasteiger partial charge in [0.25, 0.3) is 0 Å². The molecule has 0 fully saturated rings. The Labute approximate surface area is 395 Å². The zero-order chi connectivity index (χ0) is 46.7. The molecule has 0 saturated heterocycles. The first-order valence-electron chi connectivity index (χ1n) is 26.8. The molecule has 1 amide bonds. The zero-order valence-corrected chi connectivity index (χ0v) is 41.9. The molecule has 3 N–H and O–H groups in total. The molecule has 0 heterocycles. The molecule has 64 heavy (non-hydrogen) atoms. The van der Waals surface area contributed by atoms with Crippen LogP contribution in [0.3, 0.4) is 0 Å². The molecule has 0 aromatic carbocycles. The molecular weight excluding hydrogens is 791 g/mol. The maximum atomic E-state index is 13.2. The van der Waals surface area contributed by atoms with Crippen LogP contribution >= 0.6 is 0 Å². The lowest BCUT2D eigenvalue weighted by atomic mass is 10.0. The van der Waals surface area contributed by atoms with Gasteiger partial charge in [0.05, 0.1) is 25.2 Å². The summed E-state index contributed by atoms with van der Waals surface area (Å²) in [5, 5.41) is 23.8. The van der Waals surface area contributed by atoms with Crippen LogP contribution < -0.4 is 5.32 Å². The van der Waals surface area contributed by atoms with E-state index in [0.29, 0.717) is 19.3 Å². The van der Waals surface area contributed by atoms with Crippen molar-refractivity contribution in [2.75, 3.05) is 6.61 Å². The Morgan fingerprint density at radius 3 is 1.42 bits per heavy atom. The third-order valence-corrected chi connectivity index (χ3v) is 11.8. The lowest BCUT2D eigenvalue weighted by molar-refractivity contribution is -0.151. The molecule has 6 nitrogen and oxygen atoms in total. The minimum absolute atomic E-state index is 0.0382. The van der Waals surface area contributed by atoms with Gasteiger partial charge in [-0.2, -0.15) is 0 Å². The number of ether oxygens (including phenoxy) is 1. The smallest absolute Gasteiger partial charge is 0.306 e. The summed E-state index contributed by atoms with van der Waals surface area (Å²) in [6.45, 7) is 6.34. The van der Waals surface area contributed by atoms with E-state index in [4.69, 9.17) is 4.74 Å². The topological polar surface area (TPSA) is 95.9 Å². The van der Waals surface area contributed by atoms with Crippen LogP contribution in [0.25, 0.3) is 0 Å². The van der Waals surface area contributed by atoms with Gasteiger partial charge in [-0.1, -0.05) is 228 Å². The molecule has 0 aromatic heterocycles. The van der Waals surface area contributed by atoms with E-state index in [1.54, 1.807) is 0 Å². The molecule has 0 aliphatic heterocycles. The number of amides is 1. The Morgan fingerprint density at radius 1 is 0.484 bits per heavy atom. The number of allylic oxidation sites excluding steroid dienone is 14. The minimum Gasteiger partial charge on any atom is -0.462 e. The summed E-state index contributed by atoms with van der Waals surface area (Å²) in [5.41, 5.74) is 0. The van der Waals surface area contributed by atoms with E-state index in [1.807, 2.05) is 0 Å². The Bertz CT molecular complexity index is 1230. The molecule has 0 saturated carbocycles. The van der Waals surface area contributed by atoms with Crippen molar-refractivity contribution in [2.45, 2.75) is 264 Å². The van der Waals surface area contributed by atoms with Gasteiger partial charge in [-0.05, 0) is 89.9 Å². The average Bonchev–Trinajstić information content (AvgIpc) is 3.29. The van der Waals surface area contributed by atoms with Crippen LogP contribution in [-0.2, 0) is 14.3 Å². The van der Waals surface area contributed by atoms with Crippen LogP contribution in [0.4, 0.5) is 0 Å². The highest BCUT2D eigenvalue weighted by Crippen LogP contribution is 2.17. The predicted octanol–water partition coefficient (Wildman–Crippen LogP) is 16.3. The van der Waals surface area contributed by atoms with Gasteiger partial charge in [-0.25, -0.2) is 0 Å². The van der Waals surface area contributed by atoms with Crippen molar-refractivity contribution in [1.82, 2.24) is 5.32 Å². The third kappa shape index (κ3) is 45.6. The van der Waals surface area contributed by atoms with Gasteiger partial charge in [0.15, 0.2) is 0 Å². The number of nitrogens with one attached hydrogen (secondary N) is 1. The summed E-state index contributed by atoms with van der Waals surface area (Å²) in [6.07, 6.45) is 66.4. The first-order valence-corrected chi connectivity index (χ1v) is 26.8. The molecule has 368 valence electrons. The van der Waals surface area contributed by atoms with Crippen molar-refractivity contribution in [2.24, 2.45) is 0 Å². The fourth-order valence-electron chi connectivity index (χ4n) is 7.72. The molecule has 3 atom stereocenters. The normalized spacial score (nSPS) is 13.9. The average molecular weight is 892 g/mol. The molecule has 0 radical (unpaired) electrons. The quantitative estimate of drug-likeness (QED) is 0.0245. The third-order valence-electron chi connectivity index (χ3n) is 11.8. The van der Waals surface area contributed by atoms with Gasteiger partial charge >= 0.3 is 5.97 Å². The summed E-state index contributed by atoms with van der Waals surface area (Å²) >= 11 is 0. The van der Waals surface area contributed by atoms with Gasteiger partial charge in [0.1, 0.15) is 6.10 Å². The van der Waals surface area contributed by atoms with Gasteiger partial charge in [-0.15, -0.1) is 0 Å². The summed E-state index contributed by atoms with van der Waals surface area (Å²) < 4.78 is 5.91. The first-order chi connectivity index (χ1) is 31.5. The highest BCUT2D eigenvalue weighted by Gasteiger charge is 2.24. The Kier molecular flexibility index (Phi) is 48.7. The van der Waals surface area contributed by atoms with E-state index in [1.165, 1.54) is 96.3 Å². The Balaban J connectivity index is 4.72. The van der Waals surface area contributed by atoms with Gasteiger partial charge in [0.2, 0.25) is 5.91 Å². The Morgan fingerprint density at radius 2 is 0.906 bits per heavy atom. The lowest BCUT2D eigenvalue weighted by Gasteiger charge is -2.24. The van der Waals surface area contributed by atoms with Crippen molar-refractivity contribution < 1.29 is 24.5 Å². The van der Waals surface area contributed by atoms with E-state index in [9.17, 15) is 19.8 Å². The molecule has 0 bridgehead atoms. The summed E-state index contributed by atoms with van der Waals surface area (Å²) in [7, 11) is 0. The van der Waals surface area contributed by atoms with Crippen molar-refractivity contribution in [3.05, 3.63) is 85.1 Å². The molecule has 0 rings (SSSR count). The van der Waals surface area contributed by atoms with E-state index in [0.717, 1.165) is 103 Å². The maximum Gasteiger partial charge on any atom is 0.306 e. The summed E-state index contributed by atoms with van der Waals surface area (Å²) in [6, 6.07) is -0.724. The summed E-state index contributed by atoms with van der Waals surface area (Å²) in [4.78, 5) is 26.2. The lowest BCUT2D eigenvalue weighted by Crippen LogP contribution is -2.46. The SMILES string of the molecule is CC/C=C/C/C=C/C/C=C/C/C=C/CCCCCC(=O)OC(CCCCC/C=C/C=C/C=C/CCCCCCC)CC(=O)NC(CO)C(O)CCCCCCCCCCCCCCC. The van der Waals surface area contributed by atoms with Crippen LogP contribution in [-0.4, -0.2) is 46.9 Å². The van der Waals surface area contributed by atoms with Gasteiger partial charge in [0, 0.05) is 6.42 Å². The Hall–Kier alpha value is -2.96. The zero-order valence-electron chi connectivity index (χ0n) is 41.9. The maximum absolute atomic E-state index is 13.2. The molecule has 0 spiro atoms. The molecule has 3 unspecified atom stereocenters. The molecule has 6 heteroatoms. The molecule has 0 aliphatic rings. The van der Waals surface area contributed by atoms with Crippen molar-refractivity contribution in [3.8, 4) is 0 Å². The fourth-order valence-corrected chi connectivity index (χ4v) is 7.72. The van der Waals surface area contributed by atoms with E-state index < -0.39 is 18.2 Å². The van der Waals surface area contributed by atoms with Crippen LogP contribution in [0.2, 0.25) is 0 Å². The van der Waals surface area contributed by atoms with Crippen molar-refractivity contribution in [1.29, 1.82) is 0 Å². The fraction of sp³-hybridized carbons (Fsp3) is 0.724. The van der Waals surface area contributed by atoms with E-state index in [-0.39, 0.29) is 24.9 Å². The molecular formula is C58H101NO5. The second kappa shape index (κ2) is 51.0. The monoisotopic (exact) mass is 892 g/mol. The largest absolute Gasteiger partial charge is 0.462 e. The number of hydrogen-bond acceptors (Lipinski definition) is 5. The van der Waals surface area contributed by atoms with Crippen molar-refractivity contribution >= 4 is 11.9 Å². The number of hydrogen-bond donors (Lipinski definition) is 3. The molecule has 0 aliphatic carbocycles.